The molecule has 0 radical (unpaired) electrons. The van der Waals surface area contributed by atoms with Gasteiger partial charge in [-0.1, -0.05) is 13.3 Å². The fourth-order valence-corrected chi connectivity index (χ4v) is 2.60. The molecular formula is C18H27NO4. The maximum absolute atomic E-state index is 12.8. The number of hydrogen-bond acceptors (Lipinski definition) is 4. The molecule has 1 heterocycles. The van der Waals surface area contributed by atoms with Gasteiger partial charge in [-0.2, -0.15) is 0 Å². The SMILES string of the molecule is CCCCOc1ccc(C(=O)N2CC(C)OCC2C)cc1OC. The van der Waals surface area contributed by atoms with E-state index in [1.165, 1.54) is 0 Å². The van der Waals surface area contributed by atoms with E-state index in [4.69, 9.17) is 14.2 Å². The first-order chi connectivity index (χ1) is 11.1. The van der Waals surface area contributed by atoms with E-state index in [1.54, 1.807) is 19.2 Å². The van der Waals surface area contributed by atoms with Crippen LogP contribution in [0.25, 0.3) is 0 Å². The molecule has 0 spiro atoms. The van der Waals surface area contributed by atoms with Gasteiger partial charge < -0.3 is 19.1 Å². The highest BCUT2D eigenvalue weighted by molar-refractivity contribution is 5.95. The highest BCUT2D eigenvalue weighted by Gasteiger charge is 2.28. The summed E-state index contributed by atoms with van der Waals surface area (Å²) in [6.07, 6.45) is 2.13. The van der Waals surface area contributed by atoms with E-state index < -0.39 is 0 Å². The number of hydrogen-bond donors (Lipinski definition) is 0. The molecule has 0 aromatic heterocycles. The topological polar surface area (TPSA) is 48.0 Å². The van der Waals surface area contributed by atoms with Gasteiger partial charge in [-0.15, -0.1) is 0 Å². The zero-order valence-electron chi connectivity index (χ0n) is 14.5. The summed E-state index contributed by atoms with van der Waals surface area (Å²) >= 11 is 0. The van der Waals surface area contributed by atoms with Gasteiger partial charge in [-0.05, 0) is 38.5 Å². The smallest absolute Gasteiger partial charge is 0.254 e. The standard InChI is InChI=1S/C18H27NO4/c1-5-6-9-22-16-8-7-15(10-17(16)21-4)18(20)19-11-14(3)23-12-13(19)2/h7-8,10,13-14H,5-6,9,11-12H2,1-4H3. The van der Waals surface area contributed by atoms with E-state index in [1.807, 2.05) is 24.8 Å². The molecule has 1 saturated heterocycles. The van der Waals surface area contributed by atoms with Crippen molar-refractivity contribution in [2.75, 3.05) is 26.9 Å². The van der Waals surface area contributed by atoms with E-state index >= 15 is 0 Å². The third-order valence-electron chi connectivity index (χ3n) is 4.03. The molecule has 5 heteroatoms. The first kappa shape index (κ1) is 17.6. The van der Waals surface area contributed by atoms with Gasteiger partial charge in [0.15, 0.2) is 11.5 Å². The highest BCUT2D eigenvalue weighted by Crippen LogP contribution is 2.29. The van der Waals surface area contributed by atoms with Crippen LogP contribution >= 0.6 is 0 Å². The second kappa shape index (κ2) is 8.20. The molecule has 1 aromatic rings. The monoisotopic (exact) mass is 321 g/mol. The molecular weight excluding hydrogens is 294 g/mol. The molecule has 128 valence electrons. The van der Waals surface area contributed by atoms with Crippen LogP contribution in [0.4, 0.5) is 0 Å². The lowest BCUT2D eigenvalue weighted by atomic mass is 10.1. The Balaban J connectivity index is 2.14. The molecule has 1 amide bonds. The van der Waals surface area contributed by atoms with Crippen LogP contribution in [0.5, 0.6) is 11.5 Å². The molecule has 0 saturated carbocycles. The molecule has 0 N–H and O–H groups in total. The van der Waals surface area contributed by atoms with Crippen LogP contribution in [0.1, 0.15) is 44.0 Å². The zero-order chi connectivity index (χ0) is 16.8. The summed E-state index contributed by atoms with van der Waals surface area (Å²) in [4.78, 5) is 14.6. The third-order valence-corrected chi connectivity index (χ3v) is 4.03. The van der Waals surface area contributed by atoms with Crippen molar-refractivity contribution in [1.29, 1.82) is 0 Å². The molecule has 23 heavy (non-hydrogen) atoms. The Morgan fingerprint density at radius 3 is 2.83 bits per heavy atom. The summed E-state index contributed by atoms with van der Waals surface area (Å²) < 4.78 is 16.7. The van der Waals surface area contributed by atoms with Gasteiger partial charge in [0.05, 0.1) is 32.5 Å². The number of carbonyl (C=O) groups is 1. The molecule has 2 unspecified atom stereocenters. The van der Waals surface area contributed by atoms with Gasteiger partial charge in [-0.3, -0.25) is 4.79 Å². The average molecular weight is 321 g/mol. The summed E-state index contributed by atoms with van der Waals surface area (Å²) in [5.41, 5.74) is 0.616. The number of carbonyl (C=O) groups excluding carboxylic acids is 1. The van der Waals surface area contributed by atoms with Crippen molar-refractivity contribution in [3.8, 4) is 11.5 Å². The normalized spacial score (nSPS) is 21.1. The number of unbranched alkanes of at least 4 members (excludes halogenated alkanes) is 1. The van der Waals surface area contributed by atoms with Crippen LogP contribution in [0.2, 0.25) is 0 Å². The Labute approximate surface area is 138 Å². The van der Waals surface area contributed by atoms with Crippen LogP contribution in [-0.4, -0.2) is 49.8 Å². The van der Waals surface area contributed by atoms with E-state index in [9.17, 15) is 4.79 Å². The molecule has 2 atom stereocenters. The Kier molecular flexibility index (Phi) is 6.28. The van der Waals surface area contributed by atoms with Crippen molar-refractivity contribution in [2.24, 2.45) is 0 Å². The van der Waals surface area contributed by atoms with Gasteiger partial charge >= 0.3 is 0 Å². The van der Waals surface area contributed by atoms with Crippen LogP contribution in [0.3, 0.4) is 0 Å². The fraction of sp³-hybridized carbons (Fsp3) is 0.611. The van der Waals surface area contributed by atoms with E-state index in [0.29, 0.717) is 36.8 Å². The van der Waals surface area contributed by atoms with E-state index in [2.05, 4.69) is 6.92 Å². The maximum atomic E-state index is 12.8. The van der Waals surface area contributed by atoms with Crippen LogP contribution in [-0.2, 0) is 4.74 Å². The third kappa shape index (κ3) is 4.38. The number of benzene rings is 1. The van der Waals surface area contributed by atoms with Gasteiger partial charge in [0.2, 0.25) is 0 Å². The Morgan fingerprint density at radius 2 is 2.13 bits per heavy atom. The fourth-order valence-electron chi connectivity index (χ4n) is 2.60. The van der Waals surface area contributed by atoms with E-state index in [-0.39, 0.29) is 18.1 Å². The molecule has 0 aliphatic carbocycles. The molecule has 5 nitrogen and oxygen atoms in total. The lowest BCUT2D eigenvalue weighted by Crippen LogP contribution is -2.50. The Bertz CT molecular complexity index is 532. The molecule has 1 fully saturated rings. The van der Waals surface area contributed by atoms with Crippen molar-refractivity contribution in [3.05, 3.63) is 23.8 Å². The molecule has 0 bridgehead atoms. The summed E-state index contributed by atoms with van der Waals surface area (Å²) in [6.45, 7) is 7.94. The van der Waals surface area contributed by atoms with Gasteiger partial charge in [-0.25, -0.2) is 0 Å². The number of amides is 1. The first-order valence-electron chi connectivity index (χ1n) is 8.30. The second-order valence-electron chi connectivity index (χ2n) is 6.02. The largest absolute Gasteiger partial charge is 0.493 e. The first-order valence-corrected chi connectivity index (χ1v) is 8.30. The van der Waals surface area contributed by atoms with Crippen LogP contribution < -0.4 is 9.47 Å². The summed E-state index contributed by atoms with van der Waals surface area (Å²) in [5.74, 6) is 1.29. The van der Waals surface area contributed by atoms with Gasteiger partial charge in [0.1, 0.15) is 0 Å². The van der Waals surface area contributed by atoms with Crippen molar-refractivity contribution >= 4 is 5.91 Å². The average Bonchev–Trinajstić information content (AvgIpc) is 2.56. The minimum absolute atomic E-state index is 0.00561. The molecule has 1 aliphatic heterocycles. The zero-order valence-corrected chi connectivity index (χ0v) is 14.5. The number of ether oxygens (including phenoxy) is 3. The highest BCUT2D eigenvalue weighted by atomic mass is 16.5. The van der Waals surface area contributed by atoms with Crippen molar-refractivity contribution in [1.82, 2.24) is 4.90 Å². The second-order valence-corrected chi connectivity index (χ2v) is 6.02. The predicted molar refractivity (Wildman–Crippen MR) is 89.3 cm³/mol. The van der Waals surface area contributed by atoms with Crippen LogP contribution in [0, 0.1) is 0 Å². The number of methoxy groups -OCH3 is 1. The minimum Gasteiger partial charge on any atom is -0.493 e. The summed E-state index contributed by atoms with van der Waals surface area (Å²) in [5, 5.41) is 0. The predicted octanol–water partition coefficient (Wildman–Crippen LogP) is 3.12. The number of morpholine rings is 1. The Morgan fingerprint density at radius 1 is 1.35 bits per heavy atom. The molecule has 2 rings (SSSR count). The molecule has 1 aliphatic rings. The van der Waals surface area contributed by atoms with Crippen LogP contribution in [0.15, 0.2) is 18.2 Å². The lowest BCUT2D eigenvalue weighted by molar-refractivity contribution is -0.0387. The minimum atomic E-state index is 0.00561. The lowest BCUT2D eigenvalue weighted by Gasteiger charge is -2.36. The summed E-state index contributed by atoms with van der Waals surface area (Å²) in [7, 11) is 1.59. The van der Waals surface area contributed by atoms with Crippen molar-refractivity contribution < 1.29 is 19.0 Å². The quantitative estimate of drug-likeness (QED) is 0.755. The van der Waals surface area contributed by atoms with E-state index in [0.717, 1.165) is 12.8 Å². The van der Waals surface area contributed by atoms with Crippen molar-refractivity contribution in [3.63, 3.8) is 0 Å². The molecule has 1 aromatic carbocycles. The Hall–Kier alpha value is -1.75. The van der Waals surface area contributed by atoms with Gasteiger partial charge in [0.25, 0.3) is 5.91 Å². The van der Waals surface area contributed by atoms with Gasteiger partial charge in [0, 0.05) is 12.1 Å². The maximum Gasteiger partial charge on any atom is 0.254 e. The summed E-state index contributed by atoms with van der Waals surface area (Å²) in [6, 6.07) is 5.45. The number of rotatable bonds is 6. The number of nitrogens with zero attached hydrogens (tertiary/aromatic N) is 1. The van der Waals surface area contributed by atoms with Crippen molar-refractivity contribution in [2.45, 2.75) is 45.8 Å².